The number of nitrogens with one attached hydrogen (secondary N) is 3. The van der Waals surface area contributed by atoms with Crippen LogP contribution in [0.15, 0.2) is 18.2 Å². The van der Waals surface area contributed by atoms with Crippen molar-refractivity contribution >= 4 is 17.1 Å². The van der Waals surface area contributed by atoms with Crippen molar-refractivity contribution in [1.29, 1.82) is 0 Å². The molecule has 4 rings (SSSR count). The van der Waals surface area contributed by atoms with Gasteiger partial charge in [-0.15, -0.1) is 0 Å². The Kier molecular flexibility index (Phi) is 4.83. The third-order valence-electron chi connectivity index (χ3n) is 5.27. The van der Waals surface area contributed by atoms with Crippen molar-refractivity contribution in [3.63, 3.8) is 0 Å². The number of benzene rings is 1. The second-order valence-corrected chi connectivity index (χ2v) is 7.17. The Morgan fingerprint density at radius 1 is 1.33 bits per heavy atom. The summed E-state index contributed by atoms with van der Waals surface area (Å²) in [7, 11) is 0. The Hall–Kier alpha value is -2.83. The first-order valence-electron chi connectivity index (χ1n) is 9.67. The molecule has 0 fully saturated rings. The highest BCUT2D eigenvalue weighted by Gasteiger charge is 2.19. The molecule has 3 aromatic rings. The van der Waals surface area contributed by atoms with Gasteiger partial charge in [0.25, 0.3) is 0 Å². The average Bonchev–Trinajstić information content (AvgIpc) is 3.35. The number of imidazole rings is 1. The molecule has 0 saturated heterocycles. The number of urea groups is 1. The summed E-state index contributed by atoms with van der Waals surface area (Å²) >= 11 is 0. The van der Waals surface area contributed by atoms with Gasteiger partial charge in [-0.25, -0.2) is 9.78 Å². The van der Waals surface area contributed by atoms with Crippen molar-refractivity contribution in [3.8, 4) is 0 Å². The molecule has 142 valence electrons. The van der Waals surface area contributed by atoms with Crippen LogP contribution in [0.1, 0.15) is 41.7 Å². The molecular weight excluding hydrogens is 340 g/mol. The van der Waals surface area contributed by atoms with Gasteiger partial charge in [0, 0.05) is 25.2 Å². The molecule has 27 heavy (non-hydrogen) atoms. The van der Waals surface area contributed by atoms with Crippen LogP contribution in [-0.4, -0.2) is 44.2 Å². The van der Waals surface area contributed by atoms with E-state index in [1.807, 2.05) is 17.9 Å². The number of nitrogens with zero attached hydrogens (tertiary/aromatic N) is 3. The topological polar surface area (TPSA) is 89.7 Å². The predicted octanol–water partition coefficient (Wildman–Crippen LogP) is 2.86. The highest BCUT2D eigenvalue weighted by Crippen LogP contribution is 2.22. The summed E-state index contributed by atoms with van der Waals surface area (Å²) in [6.45, 7) is 5.82. The van der Waals surface area contributed by atoms with Gasteiger partial charge in [-0.05, 0) is 56.4 Å². The van der Waals surface area contributed by atoms with E-state index in [4.69, 9.17) is 0 Å². The maximum atomic E-state index is 12.6. The summed E-state index contributed by atoms with van der Waals surface area (Å²) in [6, 6.07) is 6.12. The van der Waals surface area contributed by atoms with Crippen LogP contribution in [0.4, 0.5) is 4.79 Å². The number of aryl methyl sites for hydroxylation is 2. The molecule has 0 spiro atoms. The van der Waals surface area contributed by atoms with Crippen molar-refractivity contribution in [2.24, 2.45) is 0 Å². The molecule has 2 heterocycles. The lowest BCUT2D eigenvalue weighted by atomic mass is 10.2. The van der Waals surface area contributed by atoms with Crippen molar-refractivity contribution in [2.45, 2.75) is 46.1 Å². The Morgan fingerprint density at radius 3 is 3.07 bits per heavy atom. The van der Waals surface area contributed by atoms with Gasteiger partial charge in [0.15, 0.2) is 0 Å². The molecule has 0 atom stereocenters. The van der Waals surface area contributed by atoms with Crippen molar-refractivity contribution in [1.82, 2.24) is 30.4 Å². The molecule has 1 aliphatic carbocycles. The first kappa shape index (κ1) is 17.6. The van der Waals surface area contributed by atoms with Crippen LogP contribution in [0.25, 0.3) is 11.0 Å². The molecule has 7 heteroatoms. The van der Waals surface area contributed by atoms with Crippen molar-refractivity contribution in [2.75, 3.05) is 13.1 Å². The molecule has 7 nitrogen and oxygen atoms in total. The van der Waals surface area contributed by atoms with Crippen LogP contribution in [0.3, 0.4) is 0 Å². The molecule has 0 unspecified atom stereocenters. The third kappa shape index (κ3) is 3.67. The largest absolute Gasteiger partial charge is 0.342 e. The SMILES string of the molecule is CCN(CCc1nc2ccc(C)cc2[nH]1)C(=O)NCc1n[nH]c2c1CCC2. The molecule has 2 amide bonds. The van der Waals surface area contributed by atoms with Crippen LogP contribution < -0.4 is 5.32 Å². The fourth-order valence-corrected chi connectivity index (χ4v) is 3.74. The standard InChI is InChI=1S/C20H26N6O/c1-3-26(10-9-19-22-16-8-7-13(2)11-17(16)23-19)20(27)21-12-18-14-5-4-6-15(14)24-25-18/h7-8,11H,3-6,9-10,12H2,1-2H3,(H,21,27)(H,22,23)(H,24,25). The number of hydrogen-bond donors (Lipinski definition) is 3. The normalized spacial score (nSPS) is 13.1. The van der Waals surface area contributed by atoms with Gasteiger partial charge in [0.05, 0.1) is 23.3 Å². The second kappa shape index (κ2) is 7.42. The van der Waals surface area contributed by atoms with Gasteiger partial charge in [0.2, 0.25) is 0 Å². The fourth-order valence-electron chi connectivity index (χ4n) is 3.74. The Bertz CT molecular complexity index is 957. The lowest BCUT2D eigenvalue weighted by Crippen LogP contribution is -2.40. The van der Waals surface area contributed by atoms with Crippen molar-refractivity contribution in [3.05, 3.63) is 46.5 Å². The van der Waals surface area contributed by atoms with Gasteiger partial charge in [-0.1, -0.05) is 6.07 Å². The van der Waals surface area contributed by atoms with Crippen LogP contribution >= 0.6 is 0 Å². The zero-order valence-electron chi connectivity index (χ0n) is 15.9. The smallest absolute Gasteiger partial charge is 0.317 e. The zero-order chi connectivity index (χ0) is 18.8. The monoisotopic (exact) mass is 366 g/mol. The highest BCUT2D eigenvalue weighted by molar-refractivity contribution is 5.76. The minimum Gasteiger partial charge on any atom is -0.342 e. The van der Waals surface area contributed by atoms with Gasteiger partial charge in [-0.3, -0.25) is 5.10 Å². The molecule has 1 aromatic carbocycles. The number of aromatic nitrogens is 4. The first-order chi connectivity index (χ1) is 13.1. The molecule has 0 saturated carbocycles. The summed E-state index contributed by atoms with van der Waals surface area (Å²) in [5.41, 5.74) is 6.71. The maximum absolute atomic E-state index is 12.6. The van der Waals surface area contributed by atoms with E-state index in [-0.39, 0.29) is 6.03 Å². The summed E-state index contributed by atoms with van der Waals surface area (Å²) < 4.78 is 0. The van der Waals surface area contributed by atoms with E-state index < -0.39 is 0 Å². The number of fused-ring (bicyclic) bond motifs is 2. The molecule has 0 aliphatic heterocycles. The zero-order valence-corrected chi connectivity index (χ0v) is 15.9. The van der Waals surface area contributed by atoms with E-state index in [9.17, 15) is 4.79 Å². The van der Waals surface area contributed by atoms with Crippen LogP contribution in [0, 0.1) is 6.92 Å². The summed E-state index contributed by atoms with van der Waals surface area (Å²) in [5.74, 6) is 0.909. The Morgan fingerprint density at radius 2 is 2.22 bits per heavy atom. The molecule has 0 radical (unpaired) electrons. The Balaban J connectivity index is 1.34. The number of carbonyl (C=O) groups excluding carboxylic acids is 1. The van der Waals surface area contributed by atoms with E-state index in [1.165, 1.54) is 23.2 Å². The van der Waals surface area contributed by atoms with Crippen LogP contribution in [-0.2, 0) is 25.8 Å². The van der Waals surface area contributed by atoms with E-state index in [0.717, 1.165) is 35.4 Å². The van der Waals surface area contributed by atoms with Gasteiger partial charge < -0.3 is 15.2 Å². The minimum absolute atomic E-state index is 0.0563. The first-order valence-corrected chi connectivity index (χ1v) is 9.67. The Labute approximate surface area is 158 Å². The number of carbonyl (C=O) groups is 1. The molecule has 2 aromatic heterocycles. The lowest BCUT2D eigenvalue weighted by Gasteiger charge is -2.20. The van der Waals surface area contributed by atoms with Crippen LogP contribution in [0.5, 0.6) is 0 Å². The van der Waals surface area contributed by atoms with E-state index in [0.29, 0.717) is 26.1 Å². The number of amides is 2. The molecule has 1 aliphatic rings. The number of likely N-dealkylation sites (N-methyl/N-ethyl adjacent to an activating group) is 1. The molecule has 3 N–H and O–H groups in total. The maximum Gasteiger partial charge on any atom is 0.317 e. The second-order valence-electron chi connectivity index (χ2n) is 7.17. The fraction of sp³-hybridized carbons (Fsp3) is 0.450. The van der Waals surface area contributed by atoms with Gasteiger partial charge >= 0.3 is 6.03 Å². The van der Waals surface area contributed by atoms with Crippen molar-refractivity contribution < 1.29 is 4.79 Å². The van der Waals surface area contributed by atoms with Crippen LogP contribution in [0.2, 0.25) is 0 Å². The molecule has 0 bridgehead atoms. The van der Waals surface area contributed by atoms with Gasteiger partial charge in [0.1, 0.15) is 5.82 Å². The summed E-state index contributed by atoms with van der Waals surface area (Å²) in [4.78, 5) is 22.3. The number of rotatable bonds is 6. The highest BCUT2D eigenvalue weighted by atomic mass is 16.2. The minimum atomic E-state index is -0.0563. The quantitative estimate of drug-likeness (QED) is 0.627. The summed E-state index contributed by atoms with van der Waals surface area (Å²) in [5, 5.41) is 10.4. The number of hydrogen-bond acceptors (Lipinski definition) is 3. The number of H-pyrrole nitrogens is 2. The van der Waals surface area contributed by atoms with E-state index >= 15 is 0 Å². The van der Waals surface area contributed by atoms with E-state index in [2.05, 4.69) is 44.5 Å². The lowest BCUT2D eigenvalue weighted by molar-refractivity contribution is 0.200. The number of aromatic amines is 2. The predicted molar refractivity (Wildman–Crippen MR) is 105 cm³/mol. The van der Waals surface area contributed by atoms with Gasteiger partial charge in [-0.2, -0.15) is 5.10 Å². The molecular formula is C20H26N6O. The average molecular weight is 366 g/mol. The third-order valence-corrected chi connectivity index (χ3v) is 5.27. The summed E-state index contributed by atoms with van der Waals surface area (Å²) in [6.07, 6.45) is 3.99. The van der Waals surface area contributed by atoms with E-state index in [1.54, 1.807) is 0 Å².